The Morgan fingerprint density at radius 3 is 2.21 bits per heavy atom. The van der Waals surface area contributed by atoms with Gasteiger partial charge in [0.25, 0.3) is 0 Å². The second kappa shape index (κ2) is 9.57. The van der Waals surface area contributed by atoms with Crippen molar-refractivity contribution in [2.24, 2.45) is 11.8 Å². The number of carbonyl (C=O) groups is 1. The topological polar surface area (TPSA) is 42.0 Å². The summed E-state index contributed by atoms with van der Waals surface area (Å²) < 4.78 is 27.1. The highest BCUT2D eigenvalue weighted by molar-refractivity contribution is 6.74. The van der Waals surface area contributed by atoms with Crippen molar-refractivity contribution in [1.29, 1.82) is 0 Å². The van der Waals surface area contributed by atoms with Gasteiger partial charge in [0, 0.05) is 31.7 Å². The summed E-state index contributed by atoms with van der Waals surface area (Å²) in [6.45, 7) is 20.2. The third-order valence-corrected chi connectivity index (χ3v) is 12.0. The van der Waals surface area contributed by atoms with Gasteiger partial charge < -0.3 is 19.0 Å². The van der Waals surface area contributed by atoms with Gasteiger partial charge in [0.05, 0.1) is 12.3 Å². The fourth-order valence-corrected chi connectivity index (χ4v) is 5.23. The zero-order chi connectivity index (χ0) is 24.6. The zero-order valence-corrected chi connectivity index (χ0v) is 22.8. The molecular weight excluding hydrogens is 435 g/mol. The van der Waals surface area contributed by atoms with Gasteiger partial charge in [-0.05, 0) is 69.6 Å². The van der Waals surface area contributed by atoms with Gasteiger partial charge in [-0.15, -0.1) is 0 Å². The van der Waals surface area contributed by atoms with Crippen LogP contribution >= 0.6 is 0 Å². The van der Waals surface area contributed by atoms with E-state index in [9.17, 15) is 4.79 Å². The van der Waals surface area contributed by atoms with Gasteiger partial charge >= 0.3 is 6.09 Å². The van der Waals surface area contributed by atoms with Crippen LogP contribution in [0.5, 0.6) is 0 Å². The maximum Gasteiger partial charge on any atom is 0.410 e. The molecule has 5 nitrogen and oxygen atoms in total. The van der Waals surface area contributed by atoms with Crippen LogP contribution in [-0.4, -0.2) is 51.1 Å². The average Bonchev–Trinajstić information content (AvgIpc) is 2.65. The van der Waals surface area contributed by atoms with Crippen LogP contribution in [0.25, 0.3) is 0 Å². The standard InChI is InChI=1S/C26H43FN2O3Si/c1-25(2,3)32-24(30)28-14-12-19(13-15-28)21-16-29(17-21)22-11-9-10-20(23(22)27)18-31-33(7,8)26(4,5)6/h9-11,19,21H,12-18H2,1-8H3. The molecule has 0 atom stereocenters. The van der Waals surface area contributed by atoms with Gasteiger partial charge in [-0.3, -0.25) is 0 Å². The Hall–Kier alpha value is -1.60. The summed E-state index contributed by atoms with van der Waals surface area (Å²) in [5, 5.41) is 0.102. The van der Waals surface area contributed by atoms with Gasteiger partial charge in [0.1, 0.15) is 5.60 Å². The number of halogens is 1. The number of nitrogens with zero attached hydrogens (tertiary/aromatic N) is 2. The molecule has 2 heterocycles. The van der Waals surface area contributed by atoms with Crippen LogP contribution in [0, 0.1) is 17.7 Å². The Morgan fingerprint density at radius 2 is 1.67 bits per heavy atom. The predicted octanol–water partition coefficient (Wildman–Crippen LogP) is 6.43. The van der Waals surface area contributed by atoms with Crippen LogP contribution < -0.4 is 4.90 Å². The summed E-state index contributed by atoms with van der Waals surface area (Å²) in [6, 6.07) is 5.66. The number of piperidine rings is 1. The average molecular weight is 479 g/mol. The second-order valence-electron chi connectivity index (χ2n) is 12.3. The molecule has 0 aliphatic carbocycles. The highest BCUT2D eigenvalue weighted by atomic mass is 28.4. The van der Waals surface area contributed by atoms with E-state index in [1.54, 1.807) is 0 Å². The van der Waals surface area contributed by atoms with E-state index < -0.39 is 13.9 Å². The van der Waals surface area contributed by atoms with Crippen molar-refractivity contribution in [3.8, 4) is 0 Å². The number of hydrogen-bond donors (Lipinski definition) is 0. The number of rotatable bonds is 5. The van der Waals surface area contributed by atoms with Crippen LogP contribution in [0.4, 0.5) is 14.9 Å². The van der Waals surface area contributed by atoms with Crippen LogP contribution in [0.15, 0.2) is 18.2 Å². The van der Waals surface area contributed by atoms with Crippen molar-refractivity contribution in [3.63, 3.8) is 0 Å². The lowest BCUT2D eigenvalue weighted by atomic mass is 9.79. The third-order valence-electron chi connectivity index (χ3n) is 7.56. The minimum atomic E-state index is -1.93. The van der Waals surface area contributed by atoms with Crippen LogP contribution in [0.2, 0.25) is 18.1 Å². The fourth-order valence-electron chi connectivity index (χ4n) is 4.28. The first-order valence-electron chi connectivity index (χ1n) is 12.3. The molecule has 1 aromatic rings. The zero-order valence-electron chi connectivity index (χ0n) is 21.8. The summed E-state index contributed by atoms with van der Waals surface area (Å²) in [5.41, 5.74) is 0.872. The molecule has 2 saturated heterocycles. The SMILES string of the molecule is CC(C)(C)OC(=O)N1CCC(C2CN(c3cccc(CO[Si](C)(C)C(C)(C)C)c3F)C2)CC1. The first kappa shape index (κ1) is 26.0. The Morgan fingerprint density at radius 1 is 1.06 bits per heavy atom. The molecule has 1 aromatic carbocycles. The Bertz CT molecular complexity index is 833. The molecule has 2 aliphatic heterocycles. The van der Waals surface area contributed by atoms with Crippen molar-refractivity contribution in [1.82, 2.24) is 4.90 Å². The summed E-state index contributed by atoms with van der Waals surface area (Å²) in [7, 11) is -1.93. The first-order valence-corrected chi connectivity index (χ1v) is 15.2. The summed E-state index contributed by atoms with van der Waals surface area (Å²) >= 11 is 0. The quantitative estimate of drug-likeness (QED) is 0.457. The van der Waals surface area contributed by atoms with E-state index >= 15 is 4.39 Å². The molecule has 7 heteroatoms. The van der Waals surface area contributed by atoms with E-state index in [0.29, 0.717) is 29.7 Å². The molecule has 0 unspecified atom stereocenters. The Kier molecular flexibility index (Phi) is 7.54. The largest absolute Gasteiger partial charge is 0.444 e. The van der Waals surface area contributed by atoms with E-state index in [0.717, 1.165) is 39.0 Å². The minimum absolute atomic E-state index is 0.102. The molecule has 0 radical (unpaired) electrons. The van der Waals surface area contributed by atoms with E-state index in [2.05, 4.69) is 38.8 Å². The van der Waals surface area contributed by atoms with Crippen LogP contribution in [-0.2, 0) is 15.8 Å². The van der Waals surface area contributed by atoms with Gasteiger partial charge in [-0.25, -0.2) is 9.18 Å². The number of anilines is 1. The monoisotopic (exact) mass is 478 g/mol. The van der Waals surface area contributed by atoms with E-state index in [-0.39, 0.29) is 16.9 Å². The van der Waals surface area contributed by atoms with Crippen molar-refractivity contribution < 1.29 is 18.3 Å². The van der Waals surface area contributed by atoms with Crippen molar-refractivity contribution in [2.75, 3.05) is 31.1 Å². The number of carbonyl (C=O) groups excluding carboxylic acids is 1. The smallest absolute Gasteiger partial charge is 0.410 e. The number of amides is 1. The summed E-state index contributed by atoms with van der Waals surface area (Å²) in [6.07, 6.45) is 1.76. The van der Waals surface area contributed by atoms with E-state index in [4.69, 9.17) is 9.16 Å². The molecule has 33 heavy (non-hydrogen) atoms. The van der Waals surface area contributed by atoms with E-state index in [1.165, 1.54) is 0 Å². The van der Waals surface area contributed by atoms with Gasteiger partial charge in [0.2, 0.25) is 0 Å². The predicted molar refractivity (Wildman–Crippen MR) is 135 cm³/mol. The number of likely N-dealkylation sites (tertiary alicyclic amines) is 1. The lowest BCUT2D eigenvalue weighted by molar-refractivity contribution is 0.0151. The molecule has 0 bridgehead atoms. The van der Waals surface area contributed by atoms with Gasteiger partial charge in [0.15, 0.2) is 14.1 Å². The van der Waals surface area contributed by atoms with Gasteiger partial charge in [-0.1, -0.05) is 32.9 Å². The molecule has 3 rings (SSSR count). The van der Waals surface area contributed by atoms with Crippen LogP contribution in [0.3, 0.4) is 0 Å². The van der Waals surface area contributed by atoms with Crippen LogP contribution in [0.1, 0.15) is 59.9 Å². The number of hydrogen-bond acceptors (Lipinski definition) is 4. The second-order valence-corrected chi connectivity index (χ2v) is 17.1. The van der Waals surface area contributed by atoms with Crippen molar-refractivity contribution >= 4 is 20.1 Å². The Labute approximate surface area is 200 Å². The molecule has 2 fully saturated rings. The molecule has 186 valence electrons. The Balaban J connectivity index is 1.51. The van der Waals surface area contributed by atoms with Gasteiger partial charge in [-0.2, -0.15) is 0 Å². The molecule has 2 aliphatic rings. The molecule has 0 aromatic heterocycles. The van der Waals surface area contributed by atoms with Crippen molar-refractivity contribution in [3.05, 3.63) is 29.6 Å². The maximum atomic E-state index is 15.3. The fraction of sp³-hybridized carbons (Fsp3) is 0.731. The molecule has 0 spiro atoms. The highest BCUT2D eigenvalue weighted by Gasteiger charge is 2.39. The highest BCUT2D eigenvalue weighted by Crippen LogP contribution is 2.39. The summed E-state index contributed by atoms with van der Waals surface area (Å²) in [4.78, 5) is 16.3. The molecule has 0 N–H and O–H groups in total. The molecule has 1 amide bonds. The summed E-state index contributed by atoms with van der Waals surface area (Å²) in [5.74, 6) is 0.986. The van der Waals surface area contributed by atoms with Crippen molar-refractivity contribution in [2.45, 2.75) is 84.7 Å². The lowest BCUT2D eigenvalue weighted by Crippen LogP contribution is -2.53. The normalized spacial score (nSPS) is 18.9. The first-order chi connectivity index (χ1) is 15.2. The number of benzene rings is 1. The lowest BCUT2D eigenvalue weighted by Gasteiger charge is -2.47. The van der Waals surface area contributed by atoms with E-state index in [1.807, 2.05) is 43.9 Å². The number of ether oxygens (including phenoxy) is 1. The molecular formula is C26H43FN2O3Si. The molecule has 0 saturated carbocycles. The third kappa shape index (κ3) is 6.30. The maximum absolute atomic E-state index is 15.3. The minimum Gasteiger partial charge on any atom is -0.444 e.